The first-order valence-corrected chi connectivity index (χ1v) is 6.59. The topological polar surface area (TPSA) is 76.7 Å². The second kappa shape index (κ2) is 5.60. The van der Waals surface area contributed by atoms with Gasteiger partial charge in [-0.15, -0.1) is 5.10 Å². The summed E-state index contributed by atoms with van der Waals surface area (Å²) in [5, 5.41) is 7.61. The summed E-state index contributed by atoms with van der Waals surface area (Å²) in [4.78, 5) is 12.3. The van der Waals surface area contributed by atoms with Crippen LogP contribution in [0.1, 0.15) is 5.56 Å². The van der Waals surface area contributed by atoms with E-state index in [0.717, 1.165) is 16.9 Å². The molecule has 7 heteroatoms. The highest BCUT2D eigenvalue weighted by atomic mass is 35.5. The van der Waals surface area contributed by atoms with Crippen LogP contribution in [0.15, 0.2) is 33.0 Å². The number of H-pyrrole nitrogens is 1. The summed E-state index contributed by atoms with van der Waals surface area (Å²) in [7, 11) is 1.67. The minimum Gasteiger partial charge on any atom is -0.330 e. The Balaban J connectivity index is 2.35. The average Bonchev–Trinajstić information content (AvgIpc) is 2.65. The number of halogens is 1. The Bertz CT molecular complexity index is 607. The van der Waals surface area contributed by atoms with Crippen LogP contribution in [0.4, 0.5) is 0 Å². The number of aromatic nitrogens is 3. The van der Waals surface area contributed by atoms with E-state index in [-0.39, 0.29) is 5.69 Å². The van der Waals surface area contributed by atoms with Crippen molar-refractivity contribution in [1.29, 1.82) is 0 Å². The fraction of sp³-hybridized carbons (Fsp3) is 0.273. The molecule has 0 bridgehead atoms. The fourth-order valence-electron chi connectivity index (χ4n) is 1.51. The molecule has 96 valence electrons. The molecule has 0 aliphatic carbocycles. The van der Waals surface area contributed by atoms with Crippen LogP contribution in [-0.2, 0) is 13.5 Å². The van der Waals surface area contributed by atoms with E-state index < -0.39 is 0 Å². The molecule has 1 aromatic carbocycles. The normalized spacial score (nSPS) is 10.8. The average molecular weight is 285 g/mol. The molecule has 0 fully saturated rings. The maximum atomic E-state index is 11.3. The Morgan fingerprint density at radius 1 is 1.56 bits per heavy atom. The van der Waals surface area contributed by atoms with Gasteiger partial charge in [0.2, 0.25) is 0 Å². The first-order chi connectivity index (χ1) is 8.61. The predicted octanol–water partition coefficient (Wildman–Crippen LogP) is 1.41. The van der Waals surface area contributed by atoms with Gasteiger partial charge in [0, 0.05) is 17.0 Å². The quantitative estimate of drug-likeness (QED) is 0.890. The van der Waals surface area contributed by atoms with Crippen LogP contribution in [0.2, 0.25) is 5.02 Å². The molecule has 1 aromatic heterocycles. The lowest BCUT2D eigenvalue weighted by atomic mass is 10.1. The van der Waals surface area contributed by atoms with E-state index >= 15 is 0 Å². The number of hydrogen-bond acceptors (Lipinski definition) is 4. The molecule has 0 amide bonds. The molecule has 0 spiro atoms. The third-order valence-electron chi connectivity index (χ3n) is 2.48. The number of rotatable bonds is 4. The number of nitrogens with zero attached hydrogens (tertiary/aromatic N) is 2. The predicted molar refractivity (Wildman–Crippen MR) is 72.2 cm³/mol. The first kappa shape index (κ1) is 13.2. The van der Waals surface area contributed by atoms with Gasteiger partial charge in [0.05, 0.1) is 0 Å². The number of aromatic amines is 1. The molecular weight excluding hydrogens is 272 g/mol. The standard InChI is InChI=1S/C11H13ClN4OS/c1-16-10(17)14-15-11(16)18-9-6-8(12)3-2-7(9)4-5-13/h2-3,6H,4-5,13H2,1H3,(H,14,17). The molecule has 0 aliphatic rings. The maximum Gasteiger partial charge on any atom is 0.343 e. The van der Waals surface area contributed by atoms with Gasteiger partial charge in [-0.3, -0.25) is 4.57 Å². The van der Waals surface area contributed by atoms with Crippen molar-refractivity contribution in [3.05, 3.63) is 39.3 Å². The number of nitrogens with one attached hydrogen (secondary N) is 1. The molecule has 0 radical (unpaired) electrons. The molecule has 0 unspecified atom stereocenters. The molecule has 18 heavy (non-hydrogen) atoms. The van der Waals surface area contributed by atoms with Gasteiger partial charge >= 0.3 is 5.69 Å². The summed E-state index contributed by atoms with van der Waals surface area (Å²) in [5.41, 5.74) is 6.44. The number of nitrogens with two attached hydrogens (primary N) is 1. The van der Waals surface area contributed by atoms with Gasteiger partial charge in [0.25, 0.3) is 0 Å². The van der Waals surface area contributed by atoms with Crippen LogP contribution in [0.25, 0.3) is 0 Å². The Morgan fingerprint density at radius 3 is 2.94 bits per heavy atom. The van der Waals surface area contributed by atoms with Crippen LogP contribution < -0.4 is 11.4 Å². The third kappa shape index (κ3) is 2.77. The van der Waals surface area contributed by atoms with E-state index in [1.807, 2.05) is 18.2 Å². The Hall–Kier alpha value is -1.24. The molecule has 2 rings (SSSR count). The summed E-state index contributed by atoms with van der Waals surface area (Å²) in [5.74, 6) is 0. The van der Waals surface area contributed by atoms with Crippen molar-refractivity contribution < 1.29 is 0 Å². The SMILES string of the molecule is Cn1c(Sc2cc(Cl)ccc2CCN)n[nH]c1=O. The zero-order valence-corrected chi connectivity index (χ0v) is 11.4. The summed E-state index contributed by atoms with van der Waals surface area (Å²) in [6.07, 6.45) is 0.762. The third-order valence-corrected chi connectivity index (χ3v) is 3.87. The van der Waals surface area contributed by atoms with Crippen molar-refractivity contribution in [3.63, 3.8) is 0 Å². The molecule has 2 aromatic rings. The number of benzene rings is 1. The molecule has 1 heterocycles. The van der Waals surface area contributed by atoms with Gasteiger partial charge in [0.1, 0.15) is 0 Å². The van der Waals surface area contributed by atoms with Crippen LogP contribution in [0.3, 0.4) is 0 Å². The van der Waals surface area contributed by atoms with Crippen molar-refractivity contribution in [2.75, 3.05) is 6.54 Å². The van der Waals surface area contributed by atoms with E-state index in [1.165, 1.54) is 16.3 Å². The summed E-state index contributed by atoms with van der Waals surface area (Å²) in [6.45, 7) is 0.564. The summed E-state index contributed by atoms with van der Waals surface area (Å²) in [6, 6.07) is 5.64. The van der Waals surface area contributed by atoms with Crippen molar-refractivity contribution in [1.82, 2.24) is 14.8 Å². The largest absolute Gasteiger partial charge is 0.343 e. The first-order valence-electron chi connectivity index (χ1n) is 5.39. The lowest BCUT2D eigenvalue weighted by Gasteiger charge is -2.08. The van der Waals surface area contributed by atoms with Crippen LogP contribution in [0, 0.1) is 0 Å². The van der Waals surface area contributed by atoms with Crippen molar-refractivity contribution in [2.45, 2.75) is 16.5 Å². The highest BCUT2D eigenvalue weighted by molar-refractivity contribution is 7.99. The van der Waals surface area contributed by atoms with Gasteiger partial charge in [-0.2, -0.15) is 0 Å². The van der Waals surface area contributed by atoms with E-state index in [2.05, 4.69) is 10.2 Å². The molecule has 0 saturated carbocycles. The van der Waals surface area contributed by atoms with E-state index in [1.54, 1.807) is 7.05 Å². The van der Waals surface area contributed by atoms with Crippen LogP contribution >= 0.6 is 23.4 Å². The zero-order chi connectivity index (χ0) is 13.1. The minimum absolute atomic E-state index is 0.236. The maximum absolute atomic E-state index is 11.3. The lowest BCUT2D eigenvalue weighted by Crippen LogP contribution is -2.12. The fourth-order valence-corrected chi connectivity index (χ4v) is 2.74. The van der Waals surface area contributed by atoms with Crippen molar-refractivity contribution in [3.8, 4) is 0 Å². The molecule has 5 nitrogen and oxygen atoms in total. The van der Waals surface area contributed by atoms with Gasteiger partial charge in [0.15, 0.2) is 5.16 Å². The van der Waals surface area contributed by atoms with Gasteiger partial charge in [-0.25, -0.2) is 9.89 Å². The van der Waals surface area contributed by atoms with E-state index in [4.69, 9.17) is 17.3 Å². The van der Waals surface area contributed by atoms with Crippen LogP contribution in [-0.4, -0.2) is 21.3 Å². The molecule has 0 atom stereocenters. The van der Waals surface area contributed by atoms with E-state index in [9.17, 15) is 4.79 Å². The zero-order valence-electron chi connectivity index (χ0n) is 9.81. The summed E-state index contributed by atoms with van der Waals surface area (Å²) >= 11 is 7.38. The van der Waals surface area contributed by atoms with Crippen molar-refractivity contribution >= 4 is 23.4 Å². The Morgan fingerprint density at radius 2 is 2.33 bits per heavy atom. The molecule has 0 aliphatic heterocycles. The second-order valence-electron chi connectivity index (χ2n) is 3.76. The smallest absolute Gasteiger partial charge is 0.330 e. The Kier molecular flexibility index (Phi) is 4.11. The summed E-state index contributed by atoms with van der Waals surface area (Å²) < 4.78 is 1.46. The highest BCUT2D eigenvalue weighted by Gasteiger charge is 2.10. The lowest BCUT2D eigenvalue weighted by molar-refractivity contribution is 0.765. The van der Waals surface area contributed by atoms with Gasteiger partial charge < -0.3 is 5.73 Å². The van der Waals surface area contributed by atoms with Gasteiger partial charge in [-0.05, 0) is 42.4 Å². The second-order valence-corrected chi connectivity index (χ2v) is 5.21. The molecular formula is C11H13ClN4OS. The van der Waals surface area contributed by atoms with Crippen molar-refractivity contribution in [2.24, 2.45) is 12.8 Å². The Labute approximate surface area is 113 Å². The minimum atomic E-state index is -0.236. The van der Waals surface area contributed by atoms with E-state index in [0.29, 0.717) is 16.7 Å². The molecule has 3 N–H and O–H groups in total. The molecule has 0 saturated heterocycles. The number of hydrogen-bond donors (Lipinski definition) is 2. The monoisotopic (exact) mass is 284 g/mol. The highest BCUT2D eigenvalue weighted by Crippen LogP contribution is 2.30. The van der Waals surface area contributed by atoms with Gasteiger partial charge in [-0.1, -0.05) is 17.7 Å². The van der Waals surface area contributed by atoms with Crippen LogP contribution in [0.5, 0.6) is 0 Å².